The van der Waals surface area contributed by atoms with Gasteiger partial charge in [0, 0.05) is 49.8 Å². The summed E-state index contributed by atoms with van der Waals surface area (Å²) in [7, 11) is 0. The molecule has 1 unspecified atom stereocenters. The minimum atomic E-state index is -0.0478. The minimum Gasteiger partial charge on any atom is -0.454 e. The first-order valence-electron chi connectivity index (χ1n) is 9.18. The van der Waals surface area contributed by atoms with Crippen LogP contribution in [-0.4, -0.2) is 35.1 Å². The number of hydrogen-bond acceptors (Lipinski definition) is 5. The molecule has 27 heavy (non-hydrogen) atoms. The number of nitrogens with zero attached hydrogens (tertiary/aromatic N) is 3. The predicted molar refractivity (Wildman–Crippen MR) is 106 cm³/mol. The molecule has 136 valence electrons. The van der Waals surface area contributed by atoms with Gasteiger partial charge in [-0.3, -0.25) is 4.79 Å². The molecule has 0 radical (unpaired) electrons. The van der Waals surface area contributed by atoms with Crippen LogP contribution in [0.3, 0.4) is 0 Å². The molecule has 1 aromatic carbocycles. The number of piperazine rings is 1. The second-order valence-corrected chi connectivity index (χ2v) is 7.05. The summed E-state index contributed by atoms with van der Waals surface area (Å²) in [5, 5.41) is 4.04. The molecule has 1 N–H and O–H groups in total. The lowest BCUT2D eigenvalue weighted by atomic mass is 10.1. The van der Waals surface area contributed by atoms with Gasteiger partial charge in [0.1, 0.15) is 16.9 Å². The molecule has 1 fully saturated rings. The number of rotatable bonds is 2. The smallest absolute Gasteiger partial charge is 0.193 e. The van der Waals surface area contributed by atoms with E-state index in [-0.39, 0.29) is 5.43 Å². The van der Waals surface area contributed by atoms with Gasteiger partial charge in [0.15, 0.2) is 11.2 Å². The summed E-state index contributed by atoms with van der Waals surface area (Å²) in [4.78, 5) is 19.6. The minimum absolute atomic E-state index is 0.0478. The number of imidazole rings is 1. The SMILES string of the molecule is CC1CN(c2ccc3oc(-c4cn5ccccc5n4)cc(=O)c3c2)CCN1. The van der Waals surface area contributed by atoms with Crippen LogP contribution < -0.4 is 15.6 Å². The van der Waals surface area contributed by atoms with Crippen LogP contribution in [-0.2, 0) is 0 Å². The number of hydrogen-bond donors (Lipinski definition) is 1. The molecule has 0 saturated carbocycles. The highest BCUT2D eigenvalue weighted by molar-refractivity contribution is 5.82. The molecule has 0 amide bonds. The fourth-order valence-corrected chi connectivity index (χ4v) is 3.69. The Balaban J connectivity index is 1.57. The van der Waals surface area contributed by atoms with Gasteiger partial charge in [0.05, 0.1) is 5.39 Å². The summed E-state index contributed by atoms with van der Waals surface area (Å²) in [6.07, 6.45) is 3.79. The quantitative estimate of drug-likeness (QED) is 0.596. The van der Waals surface area contributed by atoms with Crippen molar-refractivity contribution in [3.63, 3.8) is 0 Å². The van der Waals surface area contributed by atoms with Gasteiger partial charge in [-0.1, -0.05) is 6.07 Å². The van der Waals surface area contributed by atoms with Crippen LogP contribution in [0.2, 0.25) is 0 Å². The zero-order valence-electron chi connectivity index (χ0n) is 15.1. The number of nitrogens with one attached hydrogen (secondary N) is 1. The maximum absolute atomic E-state index is 12.8. The third kappa shape index (κ3) is 2.88. The Labute approximate surface area is 156 Å². The number of pyridine rings is 1. The van der Waals surface area contributed by atoms with Crippen LogP contribution in [0.1, 0.15) is 6.92 Å². The standard InChI is InChI=1S/C21H20N4O2/c1-14-12-24(9-7-22-14)15-5-6-19-16(10-15)18(26)11-20(27-19)17-13-25-8-3-2-4-21(25)23-17/h2-6,8,10-11,13-14,22H,7,9,12H2,1H3. The molecule has 5 rings (SSSR count). The molecule has 0 aliphatic carbocycles. The lowest BCUT2D eigenvalue weighted by Gasteiger charge is -2.33. The van der Waals surface area contributed by atoms with E-state index in [2.05, 4.69) is 22.1 Å². The molecule has 4 aromatic rings. The van der Waals surface area contributed by atoms with E-state index in [0.29, 0.717) is 28.5 Å². The fraction of sp³-hybridized carbons (Fsp3) is 0.238. The van der Waals surface area contributed by atoms with Crippen LogP contribution in [0.15, 0.2) is 64.1 Å². The Morgan fingerprint density at radius 1 is 1.22 bits per heavy atom. The maximum Gasteiger partial charge on any atom is 0.193 e. The van der Waals surface area contributed by atoms with Crippen LogP contribution >= 0.6 is 0 Å². The molecule has 1 saturated heterocycles. The summed E-state index contributed by atoms with van der Waals surface area (Å²) >= 11 is 0. The van der Waals surface area contributed by atoms with E-state index in [1.165, 1.54) is 6.07 Å². The van der Waals surface area contributed by atoms with Crippen molar-refractivity contribution in [2.24, 2.45) is 0 Å². The fourth-order valence-electron chi connectivity index (χ4n) is 3.69. The van der Waals surface area contributed by atoms with Gasteiger partial charge in [0.25, 0.3) is 0 Å². The normalized spacial score (nSPS) is 17.7. The molecule has 1 atom stereocenters. The van der Waals surface area contributed by atoms with E-state index in [9.17, 15) is 4.79 Å². The topological polar surface area (TPSA) is 62.8 Å². The molecule has 0 bridgehead atoms. The first-order valence-corrected chi connectivity index (χ1v) is 9.18. The Kier molecular flexibility index (Phi) is 3.72. The van der Waals surface area contributed by atoms with Gasteiger partial charge in [-0.25, -0.2) is 4.98 Å². The van der Waals surface area contributed by atoms with Crippen molar-refractivity contribution >= 4 is 22.3 Å². The highest BCUT2D eigenvalue weighted by atomic mass is 16.3. The Morgan fingerprint density at radius 2 is 2.15 bits per heavy atom. The maximum atomic E-state index is 12.8. The van der Waals surface area contributed by atoms with Crippen LogP contribution in [0.25, 0.3) is 28.1 Å². The van der Waals surface area contributed by atoms with E-state index in [4.69, 9.17) is 4.42 Å². The van der Waals surface area contributed by atoms with Gasteiger partial charge in [-0.15, -0.1) is 0 Å². The van der Waals surface area contributed by atoms with Crippen molar-refractivity contribution in [3.05, 3.63) is 65.1 Å². The lowest BCUT2D eigenvalue weighted by Crippen LogP contribution is -2.49. The lowest BCUT2D eigenvalue weighted by molar-refractivity contribution is 0.485. The second kappa shape index (κ2) is 6.25. The van der Waals surface area contributed by atoms with E-state index >= 15 is 0 Å². The first kappa shape index (κ1) is 16.1. The van der Waals surface area contributed by atoms with Crippen molar-refractivity contribution < 1.29 is 4.42 Å². The summed E-state index contributed by atoms with van der Waals surface area (Å²) in [5.41, 5.74) is 3.07. The number of fused-ring (bicyclic) bond motifs is 2. The first-order chi connectivity index (χ1) is 13.2. The summed E-state index contributed by atoms with van der Waals surface area (Å²) in [5.74, 6) is 0.486. The summed E-state index contributed by atoms with van der Waals surface area (Å²) in [6, 6.07) is 13.6. The molecule has 4 heterocycles. The van der Waals surface area contributed by atoms with Gasteiger partial charge in [-0.05, 0) is 37.3 Å². The highest BCUT2D eigenvalue weighted by Gasteiger charge is 2.17. The average Bonchev–Trinajstić information content (AvgIpc) is 3.12. The molecule has 6 nitrogen and oxygen atoms in total. The zero-order valence-corrected chi connectivity index (χ0v) is 15.1. The molecule has 6 heteroatoms. The number of aromatic nitrogens is 2. The van der Waals surface area contributed by atoms with Crippen molar-refractivity contribution in [2.75, 3.05) is 24.5 Å². The monoisotopic (exact) mass is 360 g/mol. The van der Waals surface area contributed by atoms with Gasteiger partial charge in [-0.2, -0.15) is 0 Å². The molecule has 1 aliphatic heterocycles. The highest BCUT2D eigenvalue weighted by Crippen LogP contribution is 2.25. The van der Waals surface area contributed by atoms with E-state index in [1.807, 2.05) is 53.2 Å². The van der Waals surface area contributed by atoms with Crippen LogP contribution in [0, 0.1) is 0 Å². The molecule has 0 spiro atoms. The van der Waals surface area contributed by atoms with Gasteiger partial charge in [0.2, 0.25) is 0 Å². The molecular weight excluding hydrogens is 340 g/mol. The predicted octanol–water partition coefficient (Wildman–Crippen LogP) is 2.91. The van der Waals surface area contributed by atoms with Crippen LogP contribution in [0.4, 0.5) is 5.69 Å². The Bertz CT molecular complexity index is 1160. The van der Waals surface area contributed by atoms with E-state index < -0.39 is 0 Å². The van der Waals surface area contributed by atoms with Crippen molar-refractivity contribution in [1.82, 2.24) is 14.7 Å². The molecule has 1 aliphatic rings. The van der Waals surface area contributed by atoms with Crippen molar-refractivity contribution in [2.45, 2.75) is 13.0 Å². The van der Waals surface area contributed by atoms with Crippen molar-refractivity contribution in [1.29, 1.82) is 0 Å². The van der Waals surface area contributed by atoms with Crippen molar-refractivity contribution in [3.8, 4) is 11.5 Å². The number of benzene rings is 1. The van der Waals surface area contributed by atoms with E-state index in [0.717, 1.165) is 31.0 Å². The Hall–Kier alpha value is -3.12. The average molecular weight is 360 g/mol. The third-order valence-corrected chi connectivity index (χ3v) is 5.06. The third-order valence-electron chi connectivity index (χ3n) is 5.06. The summed E-state index contributed by atoms with van der Waals surface area (Å²) < 4.78 is 7.93. The second-order valence-electron chi connectivity index (χ2n) is 7.05. The molecule has 3 aromatic heterocycles. The largest absolute Gasteiger partial charge is 0.454 e. The van der Waals surface area contributed by atoms with Crippen LogP contribution in [0.5, 0.6) is 0 Å². The number of anilines is 1. The van der Waals surface area contributed by atoms with E-state index in [1.54, 1.807) is 0 Å². The van der Waals surface area contributed by atoms with Gasteiger partial charge < -0.3 is 19.0 Å². The summed E-state index contributed by atoms with van der Waals surface area (Å²) in [6.45, 7) is 4.97. The zero-order chi connectivity index (χ0) is 18.4. The van der Waals surface area contributed by atoms with Gasteiger partial charge >= 0.3 is 0 Å². The Morgan fingerprint density at radius 3 is 3.00 bits per heavy atom. The molecular formula is C21H20N4O2.